The number of rotatable bonds is 12. The summed E-state index contributed by atoms with van der Waals surface area (Å²) in [5.74, 6) is 0. The summed E-state index contributed by atoms with van der Waals surface area (Å²) in [7, 11) is 1.69. The molecule has 3 aliphatic rings. The molecule has 3 saturated heterocycles. The molecule has 0 saturated carbocycles. The van der Waals surface area contributed by atoms with Gasteiger partial charge in [-0.25, -0.2) is 0 Å². The molecule has 3 fully saturated rings. The molecule has 0 aliphatic carbocycles. The number of likely N-dealkylation sites (tertiary alicyclic amines) is 3. The number of piperidine rings is 3. The molecule has 0 aromatic heterocycles. The van der Waals surface area contributed by atoms with E-state index in [0.717, 1.165) is 6.54 Å². The first-order valence-electron chi connectivity index (χ1n) is 16.5. The minimum Gasteiger partial charge on any atom is -0.356 e. The van der Waals surface area contributed by atoms with E-state index in [2.05, 4.69) is 49.3 Å². The van der Waals surface area contributed by atoms with Crippen molar-refractivity contribution >= 4 is 0 Å². The maximum absolute atomic E-state index is 5.87. The Labute approximate surface area is 243 Å². The van der Waals surface area contributed by atoms with Crippen LogP contribution in [-0.2, 0) is 18.9 Å². The van der Waals surface area contributed by atoms with E-state index in [-0.39, 0.29) is 25.0 Å². The fraction of sp³-hybridized carbons (Fsp3) is 1.00. The van der Waals surface area contributed by atoms with Crippen molar-refractivity contribution in [1.29, 1.82) is 0 Å². The average Bonchev–Trinajstić information content (AvgIpc) is 2.98. The first-order chi connectivity index (χ1) is 18.8. The molecule has 0 spiro atoms. The number of methoxy groups -OCH3 is 1. The van der Waals surface area contributed by atoms with Gasteiger partial charge in [0.1, 0.15) is 12.5 Å². The van der Waals surface area contributed by atoms with Gasteiger partial charge >= 0.3 is 0 Å². The van der Waals surface area contributed by atoms with Crippen molar-refractivity contribution in [2.75, 3.05) is 46.4 Å². The zero-order valence-electron chi connectivity index (χ0n) is 27.5. The molecule has 0 bridgehead atoms. The third-order valence-corrected chi connectivity index (χ3v) is 8.63. The highest BCUT2D eigenvalue weighted by Gasteiger charge is 2.27. The van der Waals surface area contributed by atoms with Gasteiger partial charge in [-0.1, -0.05) is 40.0 Å². The van der Waals surface area contributed by atoms with Gasteiger partial charge in [-0.3, -0.25) is 9.80 Å². The highest BCUT2D eigenvalue weighted by atomic mass is 16.7. The molecule has 6 unspecified atom stereocenters. The Morgan fingerprint density at radius 2 is 1.08 bits per heavy atom. The van der Waals surface area contributed by atoms with Crippen LogP contribution in [0.3, 0.4) is 0 Å². The second kappa shape index (κ2) is 22.3. The van der Waals surface area contributed by atoms with Crippen LogP contribution in [0.25, 0.3) is 0 Å². The van der Waals surface area contributed by atoms with E-state index in [4.69, 9.17) is 18.9 Å². The summed E-state index contributed by atoms with van der Waals surface area (Å²) in [4.78, 5) is 7.47. The van der Waals surface area contributed by atoms with Crippen molar-refractivity contribution in [2.45, 2.75) is 163 Å². The van der Waals surface area contributed by atoms with Crippen LogP contribution in [0.4, 0.5) is 0 Å². The summed E-state index contributed by atoms with van der Waals surface area (Å²) >= 11 is 0. The van der Waals surface area contributed by atoms with Crippen LogP contribution in [-0.4, -0.2) is 98.3 Å². The molecule has 0 amide bonds. The van der Waals surface area contributed by atoms with Gasteiger partial charge in [0.05, 0.1) is 0 Å². The van der Waals surface area contributed by atoms with Gasteiger partial charge in [-0.15, -0.1) is 0 Å². The van der Waals surface area contributed by atoms with E-state index in [1.54, 1.807) is 7.11 Å². The summed E-state index contributed by atoms with van der Waals surface area (Å²) in [5.41, 5.74) is 0. The lowest BCUT2D eigenvalue weighted by molar-refractivity contribution is -0.200. The second-order valence-corrected chi connectivity index (χ2v) is 11.4. The Hall–Kier alpha value is -0.280. The summed E-state index contributed by atoms with van der Waals surface area (Å²) in [6.07, 6.45) is 14.8. The number of hydrogen-bond donors (Lipinski definition) is 0. The topological polar surface area (TPSA) is 46.6 Å². The standard InChI is InChI=1S/C13H27NO2.C12H25NO2.C7H15N/c1-5-13-9-7-8-10-14(13)11(3)16-12(4)15-6-2;1-5-12-8-6-7-9-13(12)10(2)15-11(3)14-4;1-2-8-6-4-3-5-7-8/h11-13H,5-10H2,1-4H3;10-12H,5-9H2,1-4H3;2-7H2,1H3. The Morgan fingerprint density at radius 1 is 0.615 bits per heavy atom. The molecule has 0 aromatic rings. The lowest BCUT2D eigenvalue weighted by Crippen LogP contribution is -2.47. The van der Waals surface area contributed by atoms with Gasteiger partial charge in [0.2, 0.25) is 0 Å². The fourth-order valence-electron chi connectivity index (χ4n) is 6.20. The summed E-state index contributed by atoms with van der Waals surface area (Å²) < 4.78 is 22.2. The minimum atomic E-state index is -0.112. The smallest absolute Gasteiger partial charge is 0.156 e. The van der Waals surface area contributed by atoms with Gasteiger partial charge in [0.15, 0.2) is 12.6 Å². The normalized spacial score (nSPS) is 26.4. The molecule has 234 valence electrons. The molecule has 3 heterocycles. The van der Waals surface area contributed by atoms with E-state index < -0.39 is 0 Å². The van der Waals surface area contributed by atoms with Gasteiger partial charge in [0.25, 0.3) is 0 Å². The molecule has 7 nitrogen and oxygen atoms in total. The molecule has 0 N–H and O–H groups in total. The molecule has 3 rings (SSSR count). The van der Waals surface area contributed by atoms with Crippen LogP contribution in [0.5, 0.6) is 0 Å². The Morgan fingerprint density at radius 3 is 1.46 bits per heavy atom. The lowest BCUT2D eigenvalue weighted by atomic mass is 10.00. The molecule has 6 atom stereocenters. The fourth-order valence-corrected chi connectivity index (χ4v) is 6.20. The van der Waals surface area contributed by atoms with E-state index in [1.165, 1.54) is 96.8 Å². The predicted octanol–water partition coefficient (Wildman–Crippen LogP) is 7.09. The largest absolute Gasteiger partial charge is 0.356 e. The third-order valence-electron chi connectivity index (χ3n) is 8.63. The van der Waals surface area contributed by atoms with Gasteiger partial charge in [-0.05, 0) is 106 Å². The molecular weight excluding hydrogens is 490 g/mol. The lowest BCUT2D eigenvalue weighted by Gasteiger charge is -2.39. The van der Waals surface area contributed by atoms with Crippen molar-refractivity contribution in [1.82, 2.24) is 14.7 Å². The molecule has 3 aliphatic heterocycles. The highest BCUT2D eigenvalue weighted by Crippen LogP contribution is 2.24. The van der Waals surface area contributed by atoms with Crippen LogP contribution >= 0.6 is 0 Å². The van der Waals surface area contributed by atoms with Crippen molar-refractivity contribution < 1.29 is 18.9 Å². The Kier molecular flexibility index (Phi) is 21.0. The maximum Gasteiger partial charge on any atom is 0.156 e. The number of nitrogens with zero attached hydrogens (tertiary/aromatic N) is 3. The van der Waals surface area contributed by atoms with Gasteiger partial charge in [-0.2, -0.15) is 0 Å². The van der Waals surface area contributed by atoms with Crippen LogP contribution < -0.4 is 0 Å². The number of ether oxygens (including phenoxy) is 4. The first-order valence-corrected chi connectivity index (χ1v) is 16.5. The van der Waals surface area contributed by atoms with Crippen molar-refractivity contribution in [2.24, 2.45) is 0 Å². The SMILES string of the molecule is CCC1CCCCN1C(C)OC(C)OC.CCN1CCCCC1.CCOC(C)OC(C)N1CCCCC1CC. The van der Waals surface area contributed by atoms with E-state index >= 15 is 0 Å². The molecule has 39 heavy (non-hydrogen) atoms. The summed E-state index contributed by atoms with van der Waals surface area (Å²) in [6.45, 7) is 23.9. The molecule has 7 heteroatoms. The van der Waals surface area contributed by atoms with E-state index in [9.17, 15) is 0 Å². The predicted molar refractivity (Wildman–Crippen MR) is 164 cm³/mol. The van der Waals surface area contributed by atoms with Crippen molar-refractivity contribution in [3.8, 4) is 0 Å². The Balaban J connectivity index is 0.000000308. The quantitative estimate of drug-likeness (QED) is 0.237. The van der Waals surface area contributed by atoms with E-state index in [0.29, 0.717) is 18.7 Å². The minimum absolute atomic E-state index is 0.0977. The number of hydrogen-bond acceptors (Lipinski definition) is 7. The van der Waals surface area contributed by atoms with Crippen LogP contribution in [0.1, 0.15) is 126 Å². The van der Waals surface area contributed by atoms with Crippen LogP contribution in [0, 0.1) is 0 Å². The van der Waals surface area contributed by atoms with Crippen LogP contribution in [0.2, 0.25) is 0 Å². The maximum atomic E-state index is 5.87. The zero-order valence-corrected chi connectivity index (χ0v) is 27.5. The van der Waals surface area contributed by atoms with Crippen molar-refractivity contribution in [3.05, 3.63) is 0 Å². The first kappa shape index (κ1) is 36.7. The molecule has 0 radical (unpaired) electrons. The van der Waals surface area contributed by atoms with Gasteiger partial charge < -0.3 is 23.8 Å². The highest BCUT2D eigenvalue weighted by molar-refractivity contribution is 4.77. The summed E-state index contributed by atoms with van der Waals surface area (Å²) in [5, 5.41) is 0. The zero-order chi connectivity index (χ0) is 29.0. The Bertz CT molecular complexity index is 564. The van der Waals surface area contributed by atoms with Gasteiger partial charge in [0, 0.05) is 38.9 Å². The van der Waals surface area contributed by atoms with Crippen molar-refractivity contribution in [3.63, 3.8) is 0 Å². The molecule has 0 aromatic carbocycles. The summed E-state index contributed by atoms with van der Waals surface area (Å²) in [6, 6.07) is 1.38. The van der Waals surface area contributed by atoms with Crippen LogP contribution in [0.15, 0.2) is 0 Å². The monoisotopic (exact) mass is 558 g/mol. The molecular formula is C32H67N3O4. The third kappa shape index (κ3) is 15.0. The average molecular weight is 558 g/mol. The second-order valence-electron chi connectivity index (χ2n) is 11.4. The van der Waals surface area contributed by atoms with E-state index in [1.807, 2.05) is 20.8 Å².